The summed E-state index contributed by atoms with van der Waals surface area (Å²) in [6, 6.07) is 3.10. The Hall–Kier alpha value is -2.66. The van der Waals surface area contributed by atoms with E-state index in [9.17, 15) is 17.6 Å². The Morgan fingerprint density at radius 2 is 1.93 bits per heavy atom. The van der Waals surface area contributed by atoms with Crippen molar-refractivity contribution in [3.05, 3.63) is 35.4 Å². The van der Waals surface area contributed by atoms with E-state index in [0.29, 0.717) is 12.2 Å². The van der Waals surface area contributed by atoms with Crippen molar-refractivity contribution in [3.63, 3.8) is 0 Å². The van der Waals surface area contributed by atoms with Crippen LogP contribution in [0, 0.1) is 5.82 Å². The summed E-state index contributed by atoms with van der Waals surface area (Å²) < 4.78 is 40.4. The summed E-state index contributed by atoms with van der Waals surface area (Å²) in [6.45, 7) is 1.68. The van der Waals surface area contributed by atoms with Crippen LogP contribution in [0.3, 0.4) is 0 Å². The summed E-state index contributed by atoms with van der Waals surface area (Å²) in [4.78, 5) is 19.9. The molecule has 2 rings (SSSR count). The number of carbonyl (C=O) groups is 1. The second kappa shape index (κ2) is 8.82. The SMILES string of the molecule is CCCS(=O)(=O)Nc1ccc(Cl)c(NC(=O)Nc2cc(NC)ncn2)c1F. The monoisotopic (exact) mass is 416 g/mol. The molecule has 1 heterocycles. The van der Waals surface area contributed by atoms with Crippen molar-refractivity contribution < 1.29 is 17.6 Å². The van der Waals surface area contributed by atoms with Crippen molar-refractivity contribution in [2.75, 3.05) is 33.5 Å². The zero-order valence-electron chi connectivity index (χ0n) is 14.5. The summed E-state index contributed by atoms with van der Waals surface area (Å²) in [5, 5.41) is 7.33. The van der Waals surface area contributed by atoms with Crippen molar-refractivity contribution in [1.29, 1.82) is 0 Å². The third-order valence-electron chi connectivity index (χ3n) is 3.23. The van der Waals surface area contributed by atoms with E-state index in [1.54, 1.807) is 14.0 Å². The van der Waals surface area contributed by atoms with Gasteiger partial charge in [0.1, 0.15) is 18.0 Å². The number of anilines is 4. The number of nitrogens with zero attached hydrogens (tertiary/aromatic N) is 2. The van der Waals surface area contributed by atoms with Gasteiger partial charge in [-0.1, -0.05) is 18.5 Å². The van der Waals surface area contributed by atoms with E-state index >= 15 is 0 Å². The van der Waals surface area contributed by atoms with Crippen LogP contribution in [0.25, 0.3) is 0 Å². The molecular formula is C15H18ClFN6O3S. The fraction of sp³-hybridized carbons (Fsp3) is 0.267. The Balaban J connectivity index is 2.20. The fourth-order valence-electron chi connectivity index (χ4n) is 2.06. The van der Waals surface area contributed by atoms with Crippen molar-refractivity contribution >= 4 is 50.7 Å². The van der Waals surface area contributed by atoms with Crippen LogP contribution in [0.4, 0.5) is 32.2 Å². The molecule has 0 aliphatic carbocycles. The summed E-state index contributed by atoms with van der Waals surface area (Å²) in [5.41, 5.74) is -0.684. The molecule has 2 amide bonds. The zero-order chi connectivity index (χ0) is 20.0. The maximum absolute atomic E-state index is 14.6. The molecular weight excluding hydrogens is 399 g/mol. The standard InChI is InChI=1S/C15H18ClFN6O3S/c1-3-6-27(25,26)23-10-5-4-9(16)14(13(10)17)22-15(24)21-12-7-11(18-2)19-8-20-12/h4-5,7-8,23H,3,6H2,1-2H3,(H3,18,19,20,21,22,24). The first-order chi connectivity index (χ1) is 12.8. The molecule has 146 valence electrons. The van der Waals surface area contributed by atoms with E-state index in [1.807, 2.05) is 0 Å². The molecule has 1 aromatic carbocycles. The van der Waals surface area contributed by atoms with Gasteiger partial charge in [-0.05, 0) is 18.6 Å². The number of benzene rings is 1. The summed E-state index contributed by atoms with van der Waals surface area (Å²) >= 11 is 5.93. The van der Waals surface area contributed by atoms with Gasteiger partial charge in [0.15, 0.2) is 5.82 Å². The van der Waals surface area contributed by atoms with Crippen LogP contribution in [0.2, 0.25) is 5.02 Å². The average Bonchev–Trinajstić information content (AvgIpc) is 2.61. The number of rotatable bonds is 7. The molecule has 1 aromatic heterocycles. The maximum atomic E-state index is 14.6. The molecule has 27 heavy (non-hydrogen) atoms. The van der Waals surface area contributed by atoms with Crippen molar-refractivity contribution in [2.24, 2.45) is 0 Å². The molecule has 0 aliphatic rings. The van der Waals surface area contributed by atoms with Gasteiger partial charge in [0.2, 0.25) is 10.0 Å². The second-order valence-electron chi connectivity index (χ2n) is 5.32. The predicted octanol–water partition coefficient (Wildman–Crippen LogP) is 3.11. The van der Waals surface area contributed by atoms with E-state index < -0.39 is 21.9 Å². The fourth-order valence-corrected chi connectivity index (χ4v) is 3.38. The van der Waals surface area contributed by atoms with E-state index in [2.05, 4.69) is 30.6 Å². The van der Waals surface area contributed by atoms with Crippen LogP contribution < -0.4 is 20.7 Å². The molecule has 0 spiro atoms. The molecule has 4 N–H and O–H groups in total. The highest BCUT2D eigenvalue weighted by molar-refractivity contribution is 7.92. The van der Waals surface area contributed by atoms with Crippen LogP contribution in [0.1, 0.15) is 13.3 Å². The third-order valence-corrected chi connectivity index (χ3v) is 5.02. The topological polar surface area (TPSA) is 125 Å². The molecule has 0 atom stereocenters. The van der Waals surface area contributed by atoms with Crippen LogP contribution in [-0.4, -0.2) is 37.2 Å². The lowest BCUT2D eigenvalue weighted by Crippen LogP contribution is -2.22. The summed E-state index contributed by atoms with van der Waals surface area (Å²) in [6.07, 6.45) is 1.60. The number of urea groups is 1. The first-order valence-corrected chi connectivity index (χ1v) is 9.85. The number of amides is 2. The summed E-state index contributed by atoms with van der Waals surface area (Å²) in [5.74, 6) is -0.532. The van der Waals surface area contributed by atoms with Crippen LogP contribution in [0.15, 0.2) is 24.5 Å². The Kier molecular flexibility index (Phi) is 6.75. The number of hydrogen-bond acceptors (Lipinski definition) is 6. The number of nitrogens with one attached hydrogen (secondary N) is 4. The number of carbonyl (C=O) groups excluding carboxylic acids is 1. The van der Waals surface area contributed by atoms with E-state index in [1.165, 1.54) is 24.5 Å². The van der Waals surface area contributed by atoms with E-state index in [4.69, 9.17) is 11.6 Å². The molecule has 0 bridgehead atoms. The van der Waals surface area contributed by atoms with Gasteiger partial charge >= 0.3 is 6.03 Å². The third kappa shape index (κ3) is 5.66. The highest BCUT2D eigenvalue weighted by atomic mass is 35.5. The van der Waals surface area contributed by atoms with E-state index in [0.717, 1.165) is 0 Å². The number of aromatic nitrogens is 2. The number of hydrogen-bond donors (Lipinski definition) is 4. The molecule has 0 radical (unpaired) electrons. The normalized spacial score (nSPS) is 11.0. The van der Waals surface area contributed by atoms with Gasteiger partial charge in [0, 0.05) is 13.1 Å². The molecule has 0 saturated carbocycles. The number of sulfonamides is 1. The smallest absolute Gasteiger partial charge is 0.324 e. The van der Waals surface area contributed by atoms with Crippen molar-refractivity contribution in [3.8, 4) is 0 Å². The predicted molar refractivity (Wildman–Crippen MR) is 103 cm³/mol. The van der Waals surface area contributed by atoms with Gasteiger partial charge in [-0.15, -0.1) is 0 Å². The Labute approximate surface area is 160 Å². The van der Waals surface area contributed by atoms with Gasteiger partial charge in [-0.2, -0.15) is 0 Å². The maximum Gasteiger partial charge on any atom is 0.324 e. The molecule has 2 aromatic rings. The molecule has 12 heteroatoms. The minimum atomic E-state index is -3.71. The molecule has 0 aliphatic heterocycles. The zero-order valence-corrected chi connectivity index (χ0v) is 16.1. The van der Waals surface area contributed by atoms with Crippen molar-refractivity contribution in [2.45, 2.75) is 13.3 Å². The molecule has 0 saturated heterocycles. The van der Waals surface area contributed by atoms with Crippen LogP contribution >= 0.6 is 11.6 Å². The van der Waals surface area contributed by atoms with Gasteiger partial charge in [-0.3, -0.25) is 10.0 Å². The first kappa shape index (κ1) is 20.6. The average molecular weight is 417 g/mol. The first-order valence-electron chi connectivity index (χ1n) is 7.82. The lowest BCUT2D eigenvalue weighted by atomic mass is 10.2. The Bertz CT molecular complexity index is 941. The quantitative estimate of drug-likeness (QED) is 0.549. The Morgan fingerprint density at radius 3 is 2.59 bits per heavy atom. The molecule has 0 fully saturated rings. The van der Waals surface area contributed by atoms with Gasteiger partial charge in [-0.25, -0.2) is 27.6 Å². The van der Waals surface area contributed by atoms with Gasteiger partial charge in [0.25, 0.3) is 0 Å². The second-order valence-corrected chi connectivity index (χ2v) is 7.57. The van der Waals surface area contributed by atoms with Crippen molar-refractivity contribution in [1.82, 2.24) is 9.97 Å². The summed E-state index contributed by atoms with van der Waals surface area (Å²) in [7, 11) is -2.06. The van der Waals surface area contributed by atoms with Gasteiger partial charge in [0.05, 0.1) is 22.2 Å². The molecule has 0 unspecified atom stereocenters. The minimum absolute atomic E-state index is 0.0975. The molecule has 9 nitrogen and oxygen atoms in total. The minimum Gasteiger partial charge on any atom is -0.373 e. The van der Waals surface area contributed by atoms with Gasteiger partial charge < -0.3 is 10.6 Å². The Morgan fingerprint density at radius 1 is 1.22 bits per heavy atom. The highest BCUT2D eigenvalue weighted by Gasteiger charge is 2.19. The van der Waals surface area contributed by atoms with Crippen LogP contribution in [-0.2, 0) is 10.0 Å². The number of halogens is 2. The van der Waals surface area contributed by atoms with Crippen LogP contribution in [0.5, 0.6) is 0 Å². The highest BCUT2D eigenvalue weighted by Crippen LogP contribution is 2.31. The lowest BCUT2D eigenvalue weighted by molar-refractivity contribution is 0.262. The lowest BCUT2D eigenvalue weighted by Gasteiger charge is -2.14. The van der Waals surface area contributed by atoms with E-state index in [-0.39, 0.29) is 28.0 Å². The largest absolute Gasteiger partial charge is 0.373 e.